The van der Waals surface area contributed by atoms with E-state index in [9.17, 15) is 0 Å². The first-order chi connectivity index (χ1) is 29.8. The minimum Gasteiger partial charge on any atom is -0.309 e. The summed E-state index contributed by atoms with van der Waals surface area (Å²) in [6, 6.07) is 84.0. The Balaban J connectivity index is 1.18. The molecule has 2 aliphatic carbocycles. The van der Waals surface area contributed by atoms with Gasteiger partial charge in [0.2, 0.25) is 0 Å². The maximum absolute atomic E-state index is 2.53. The highest BCUT2D eigenvalue weighted by atomic mass is 15.1. The number of hydrogen-bond donors (Lipinski definition) is 0. The van der Waals surface area contributed by atoms with Crippen molar-refractivity contribution in [1.29, 1.82) is 0 Å². The number of fused-ring (bicyclic) bond motifs is 10. The van der Waals surface area contributed by atoms with Crippen molar-refractivity contribution in [3.05, 3.63) is 247 Å². The lowest BCUT2D eigenvalue weighted by molar-refractivity contribution is 0.754. The molecule has 13 rings (SSSR count). The molecular formula is C59H37N. The van der Waals surface area contributed by atoms with Gasteiger partial charge in [0.15, 0.2) is 0 Å². The van der Waals surface area contributed by atoms with Crippen LogP contribution in [0.4, 0.5) is 17.1 Å². The van der Waals surface area contributed by atoms with E-state index in [2.05, 4.69) is 229 Å². The van der Waals surface area contributed by atoms with E-state index in [1.54, 1.807) is 0 Å². The van der Waals surface area contributed by atoms with Crippen LogP contribution in [0.25, 0.3) is 76.5 Å². The average Bonchev–Trinajstić information content (AvgIpc) is 3.32. The summed E-state index contributed by atoms with van der Waals surface area (Å²) >= 11 is 0. The van der Waals surface area contributed by atoms with Crippen LogP contribution in [0.3, 0.4) is 0 Å². The Morgan fingerprint density at radius 2 is 0.817 bits per heavy atom. The quantitative estimate of drug-likeness (QED) is 0.173. The lowest BCUT2D eigenvalue weighted by atomic mass is 9.55. The van der Waals surface area contributed by atoms with Crippen molar-refractivity contribution < 1.29 is 0 Å². The topological polar surface area (TPSA) is 3.24 Å². The fourth-order valence-corrected chi connectivity index (χ4v) is 10.9. The SMILES string of the molecule is c1ccc(-c2cc3ccccc3cc2N(c2ccc3ccccc3c2)c2ccc3c4c(cccc24)C2(c4ccccc4-c4cccc5cccc2c45)c2ccccc2-3)cc1. The Kier molecular flexibility index (Phi) is 7.00. The second-order valence-corrected chi connectivity index (χ2v) is 16.4. The Morgan fingerprint density at radius 3 is 1.57 bits per heavy atom. The summed E-state index contributed by atoms with van der Waals surface area (Å²) in [4.78, 5) is 2.53. The van der Waals surface area contributed by atoms with Crippen molar-refractivity contribution in [2.24, 2.45) is 0 Å². The van der Waals surface area contributed by atoms with Crippen LogP contribution < -0.4 is 4.90 Å². The third-order valence-electron chi connectivity index (χ3n) is 13.4. The standard InChI is InChI=1S/C59H37N/c1-2-16-39(17-3-1)50-36-42-19-6-7-20-43(42)37-56(50)60(44-32-31-38-15-4-5-18-41(38)35-44)55-34-33-48-46-24-9-11-28-52(46)59(54-30-14-26-49(55)58(48)54)51-27-10-8-23-45(51)47-25-12-21-40-22-13-29-53(59)57(40)47/h1-37H. The fourth-order valence-electron chi connectivity index (χ4n) is 10.9. The highest BCUT2D eigenvalue weighted by Crippen LogP contribution is 2.62. The molecule has 0 radical (unpaired) electrons. The Bertz CT molecular complexity index is 3560. The summed E-state index contributed by atoms with van der Waals surface area (Å²) in [6.45, 7) is 0. The van der Waals surface area contributed by atoms with Crippen LogP contribution in [-0.2, 0) is 5.41 Å². The van der Waals surface area contributed by atoms with Crippen LogP contribution in [0.5, 0.6) is 0 Å². The molecule has 0 saturated carbocycles. The normalized spacial score (nSPS) is 14.7. The highest BCUT2D eigenvalue weighted by Gasteiger charge is 2.48. The average molecular weight is 760 g/mol. The second-order valence-electron chi connectivity index (χ2n) is 16.4. The number of anilines is 3. The van der Waals surface area contributed by atoms with E-state index in [-0.39, 0.29) is 0 Å². The van der Waals surface area contributed by atoms with Crippen molar-refractivity contribution in [2.75, 3.05) is 4.90 Å². The van der Waals surface area contributed by atoms with Gasteiger partial charge in [0, 0.05) is 16.6 Å². The van der Waals surface area contributed by atoms with Gasteiger partial charge >= 0.3 is 0 Å². The molecule has 1 spiro atoms. The molecule has 0 bridgehead atoms. The number of benzene rings is 11. The molecule has 0 aromatic heterocycles. The first-order valence-corrected chi connectivity index (χ1v) is 20.9. The van der Waals surface area contributed by atoms with Crippen molar-refractivity contribution in [1.82, 2.24) is 0 Å². The molecule has 1 atom stereocenters. The van der Waals surface area contributed by atoms with E-state index in [4.69, 9.17) is 0 Å². The highest BCUT2D eigenvalue weighted by molar-refractivity contribution is 6.15. The van der Waals surface area contributed by atoms with Crippen LogP contribution in [0.2, 0.25) is 0 Å². The molecule has 0 aliphatic heterocycles. The van der Waals surface area contributed by atoms with Gasteiger partial charge < -0.3 is 4.90 Å². The maximum Gasteiger partial charge on any atom is 0.0725 e. The fraction of sp³-hybridized carbons (Fsp3) is 0.0169. The van der Waals surface area contributed by atoms with Gasteiger partial charge in [-0.3, -0.25) is 0 Å². The van der Waals surface area contributed by atoms with Crippen LogP contribution in [0, 0.1) is 0 Å². The first kappa shape index (κ1) is 33.3. The van der Waals surface area contributed by atoms with Crippen LogP contribution in [0.15, 0.2) is 224 Å². The Hall–Kier alpha value is -7.74. The molecule has 1 nitrogen and oxygen atoms in total. The molecule has 1 heteroatoms. The number of hydrogen-bond acceptors (Lipinski definition) is 1. The summed E-state index contributed by atoms with van der Waals surface area (Å²) < 4.78 is 0. The summed E-state index contributed by atoms with van der Waals surface area (Å²) in [5.74, 6) is 0. The zero-order chi connectivity index (χ0) is 39.4. The molecule has 0 saturated heterocycles. The monoisotopic (exact) mass is 759 g/mol. The predicted molar refractivity (Wildman–Crippen MR) is 253 cm³/mol. The van der Waals surface area contributed by atoms with Crippen LogP contribution in [0.1, 0.15) is 22.3 Å². The van der Waals surface area contributed by atoms with Crippen molar-refractivity contribution in [3.63, 3.8) is 0 Å². The molecule has 0 amide bonds. The third-order valence-corrected chi connectivity index (χ3v) is 13.4. The van der Waals surface area contributed by atoms with Gasteiger partial charge in [-0.05, 0) is 118 Å². The van der Waals surface area contributed by atoms with Gasteiger partial charge in [-0.25, -0.2) is 0 Å². The van der Waals surface area contributed by atoms with Crippen molar-refractivity contribution in [3.8, 4) is 33.4 Å². The lowest BCUT2D eigenvalue weighted by Gasteiger charge is -2.46. The molecule has 60 heavy (non-hydrogen) atoms. The Labute approximate surface area is 349 Å². The summed E-state index contributed by atoms with van der Waals surface area (Å²) in [6.07, 6.45) is 0. The van der Waals surface area contributed by atoms with E-state index in [1.165, 1.54) is 98.7 Å². The van der Waals surface area contributed by atoms with E-state index in [0.29, 0.717) is 0 Å². The minimum absolute atomic E-state index is 0.544. The molecule has 278 valence electrons. The van der Waals surface area contributed by atoms with E-state index >= 15 is 0 Å². The van der Waals surface area contributed by atoms with Crippen molar-refractivity contribution >= 4 is 60.2 Å². The van der Waals surface area contributed by atoms with Crippen LogP contribution >= 0.6 is 0 Å². The minimum atomic E-state index is -0.544. The second kappa shape index (κ2) is 12.6. The molecule has 11 aromatic rings. The number of rotatable bonds is 4. The first-order valence-electron chi connectivity index (χ1n) is 20.9. The van der Waals surface area contributed by atoms with Gasteiger partial charge in [0.1, 0.15) is 0 Å². The van der Waals surface area contributed by atoms with Crippen LogP contribution in [-0.4, -0.2) is 0 Å². The number of nitrogens with zero attached hydrogens (tertiary/aromatic N) is 1. The summed E-state index contributed by atoms with van der Waals surface area (Å²) in [5.41, 5.74) is 15.7. The predicted octanol–water partition coefficient (Wildman–Crippen LogP) is 15.8. The smallest absolute Gasteiger partial charge is 0.0725 e. The largest absolute Gasteiger partial charge is 0.309 e. The molecule has 11 aromatic carbocycles. The van der Waals surface area contributed by atoms with E-state index in [0.717, 1.165) is 17.1 Å². The molecule has 1 unspecified atom stereocenters. The molecule has 0 N–H and O–H groups in total. The van der Waals surface area contributed by atoms with E-state index < -0.39 is 5.41 Å². The molecule has 2 aliphatic rings. The molecule has 0 heterocycles. The van der Waals surface area contributed by atoms with Gasteiger partial charge in [-0.2, -0.15) is 0 Å². The zero-order valence-electron chi connectivity index (χ0n) is 32.8. The van der Waals surface area contributed by atoms with Crippen molar-refractivity contribution in [2.45, 2.75) is 5.41 Å². The Morgan fingerprint density at radius 1 is 0.283 bits per heavy atom. The lowest BCUT2D eigenvalue weighted by Crippen LogP contribution is -2.36. The maximum atomic E-state index is 2.53. The third kappa shape index (κ3) is 4.52. The van der Waals surface area contributed by atoms with Gasteiger partial charge in [0.05, 0.1) is 16.8 Å². The van der Waals surface area contributed by atoms with Gasteiger partial charge in [-0.15, -0.1) is 0 Å². The van der Waals surface area contributed by atoms with E-state index in [1.807, 2.05) is 0 Å². The summed E-state index contributed by atoms with van der Waals surface area (Å²) in [7, 11) is 0. The summed E-state index contributed by atoms with van der Waals surface area (Å²) in [5, 5.41) is 10.0. The zero-order valence-corrected chi connectivity index (χ0v) is 32.8. The molecule has 0 fully saturated rings. The molecular weight excluding hydrogens is 723 g/mol. The van der Waals surface area contributed by atoms with Gasteiger partial charge in [0.25, 0.3) is 0 Å². The van der Waals surface area contributed by atoms with Gasteiger partial charge in [-0.1, -0.05) is 194 Å².